The number of nitro groups is 1. The number of nitrogens with zero attached hydrogens (tertiary/aromatic N) is 2. The molecule has 1 heterocycles. The van der Waals surface area contributed by atoms with Crippen molar-refractivity contribution in [2.24, 2.45) is 0 Å². The summed E-state index contributed by atoms with van der Waals surface area (Å²) < 4.78 is 0. The van der Waals surface area contributed by atoms with E-state index in [4.69, 9.17) is 0 Å². The molecule has 0 spiro atoms. The zero-order chi connectivity index (χ0) is 16.9. The van der Waals surface area contributed by atoms with Crippen molar-refractivity contribution in [2.75, 3.05) is 5.32 Å². The smallest absolute Gasteiger partial charge is 0.287 e. The number of hydrogen-bond donors (Lipinski definition) is 1. The van der Waals surface area contributed by atoms with Gasteiger partial charge in [0, 0.05) is 12.5 Å². The number of anilines is 1. The van der Waals surface area contributed by atoms with E-state index in [2.05, 4.69) is 17.2 Å². The Bertz CT molecular complexity index is 474. The summed E-state index contributed by atoms with van der Waals surface area (Å²) >= 11 is 0. The van der Waals surface area contributed by atoms with Crippen LogP contribution in [-0.4, -0.2) is 15.8 Å². The first-order valence-electron chi connectivity index (χ1n) is 8.53. The molecular weight excluding hydrogens is 294 g/mol. The van der Waals surface area contributed by atoms with Crippen molar-refractivity contribution in [3.05, 3.63) is 28.4 Å². The molecule has 1 amide bonds. The highest BCUT2D eigenvalue weighted by molar-refractivity contribution is 5.89. The number of hydrogen-bond acceptors (Lipinski definition) is 4. The summed E-state index contributed by atoms with van der Waals surface area (Å²) in [5.41, 5.74) is -0.0815. The molecule has 1 aromatic rings. The van der Waals surface area contributed by atoms with E-state index in [0.29, 0.717) is 12.2 Å². The summed E-state index contributed by atoms with van der Waals surface area (Å²) in [5, 5.41) is 13.2. The van der Waals surface area contributed by atoms with Gasteiger partial charge in [0.2, 0.25) is 5.91 Å². The van der Waals surface area contributed by atoms with Gasteiger partial charge in [-0.05, 0) is 12.5 Å². The third kappa shape index (κ3) is 8.90. The molecule has 128 valence electrons. The van der Waals surface area contributed by atoms with Crippen LogP contribution in [0.4, 0.5) is 11.5 Å². The highest BCUT2D eigenvalue weighted by atomic mass is 16.6. The SMILES string of the molecule is CCCCCCCCCCCC(=O)Nc1ccc([N+](=O)[O-])cn1. The van der Waals surface area contributed by atoms with Crippen molar-refractivity contribution < 1.29 is 9.72 Å². The van der Waals surface area contributed by atoms with E-state index in [0.717, 1.165) is 19.0 Å². The predicted octanol–water partition coefficient (Wildman–Crippen LogP) is 4.85. The first-order chi connectivity index (χ1) is 11.1. The van der Waals surface area contributed by atoms with Crippen LogP contribution >= 0.6 is 0 Å². The molecule has 23 heavy (non-hydrogen) atoms. The zero-order valence-electron chi connectivity index (χ0n) is 13.9. The van der Waals surface area contributed by atoms with Gasteiger partial charge in [-0.2, -0.15) is 0 Å². The predicted molar refractivity (Wildman–Crippen MR) is 91.4 cm³/mol. The van der Waals surface area contributed by atoms with Crippen molar-refractivity contribution in [3.8, 4) is 0 Å². The maximum Gasteiger partial charge on any atom is 0.287 e. The Morgan fingerprint density at radius 2 is 1.70 bits per heavy atom. The zero-order valence-corrected chi connectivity index (χ0v) is 13.9. The maximum atomic E-state index is 11.8. The van der Waals surface area contributed by atoms with Gasteiger partial charge in [-0.1, -0.05) is 58.3 Å². The minimum atomic E-state index is -0.513. The molecule has 0 bridgehead atoms. The topological polar surface area (TPSA) is 85.1 Å². The molecular formula is C17H27N3O3. The molecule has 1 rings (SSSR count). The van der Waals surface area contributed by atoms with Crippen LogP contribution in [0.1, 0.15) is 71.1 Å². The number of rotatable bonds is 12. The highest BCUT2D eigenvalue weighted by Gasteiger charge is 2.07. The summed E-state index contributed by atoms with van der Waals surface area (Å²) in [6, 6.07) is 2.79. The summed E-state index contributed by atoms with van der Waals surface area (Å²) in [7, 11) is 0. The van der Waals surface area contributed by atoms with Crippen LogP contribution in [-0.2, 0) is 4.79 Å². The Hall–Kier alpha value is -1.98. The first kappa shape index (κ1) is 19.1. The number of carbonyl (C=O) groups excluding carboxylic acids is 1. The van der Waals surface area contributed by atoms with Crippen LogP contribution in [0.15, 0.2) is 18.3 Å². The Balaban J connectivity index is 2.07. The first-order valence-corrected chi connectivity index (χ1v) is 8.53. The van der Waals surface area contributed by atoms with Crippen molar-refractivity contribution >= 4 is 17.4 Å². The lowest BCUT2D eigenvalue weighted by Gasteiger charge is -2.04. The number of unbranched alkanes of at least 4 members (excludes halogenated alkanes) is 8. The molecule has 6 heteroatoms. The molecule has 0 atom stereocenters. The fourth-order valence-corrected chi connectivity index (χ4v) is 2.37. The van der Waals surface area contributed by atoms with Gasteiger partial charge >= 0.3 is 0 Å². The second kappa shape index (κ2) is 11.6. The van der Waals surface area contributed by atoms with Gasteiger partial charge in [0.15, 0.2) is 0 Å². The van der Waals surface area contributed by atoms with Crippen molar-refractivity contribution in [3.63, 3.8) is 0 Å². The number of carbonyl (C=O) groups is 1. The van der Waals surface area contributed by atoms with Crippen LogP contribution < -0.4 is 5.32 Å². The fraction of sp³-hybridized carbons (Fsp3) is 0.647. The van der Waals surface area contributed by atoms with Crippen LogP contribution in [0.25, 0.3) is 0 Å². The molecule has 0 aliphatic heterocycles. The van der Waals surface area contributed by atoms with E-state index < -0.39 is 4.92 Å². The van der Waals surface area contributed by atoms with Gasteiger partial charge < -0.3 is 5.32 Å². The molecule has 0 saturated heterocycles. The van der Waals surface area contributed by atoms with Crippen molar-refractivity contribution in [1.29, 1.82) is 0 Å². The Morgan fingerprint density at radius 3 is 2.22 bits per heavy atom. The Morgan fingerprint density at radius 1 is 1.09 bits per heavy atom. The summed E-state index contributed by atoms with van der Waals surface area (Å²) in [4.78, 5) is 25.6. The molecule has 0 fully saturated rings. The maximum absolute atomic E-state index is 11.8. The standard InChI is InChI=1S/C17H27N3O3/c1-2-3-4-5-6-7-8-9-10-11-17(21)19-16-13-12-15(14-18-16)20(22)23/h12-14H,2-11H2,1H3,(H,18,19,21). The number of pyridine rings is 1. The van der Waals surface area contributed by atoms with Gasteiger partial charge in [0.25, 0.3) is 5.69 Å². The Labute approximate surface area is 137 Å². The van der Waals surface area contributed by atoms with Crippen LogP contribution in [0, 0.1) is 10.1 Å². The van der Waals surface area contributed by atoms with Gasteiger partial charge in [0.1, 0.15) is 12.0 Å². The fourth-order valence-electron chi connectivity index (χ4n) is 2.37. The average Bonchev–Trinajstić information content (AvgIpc) is 2.54. The summed E-state index contributed by atoms with van der Waals surface area (Å²) in [6.07, 6.45) is 12.5. The van der Waals surface area contributed by atoms with Crippen LogP contribution in [0.3, 0.4) is 0 Å². The van der Waals surface area contributed by atoms with Gasteiger partial charge in [-0.25, -0.2) is 4.98 Å². The molecule has 6 nitrogen and oxygen atoms in total. The molecule has 1 N–H and O–H groups in total. The summed E-state index contributed by atoms with van der Waals surface area (Å²) in [5.74, 6) is 0.269. The minimum Gasteiger partial charge on any atom is -0.311 e. The van der Waals surface area contributed by atoms with E-state index in [1.807, 2.05) is 0 Å². The van der Waals surface area contributed by atoms with E-state index in [-0.39, 0.29) is 11.6 Å². The molecule has 0 saturated carbocycles. The van der Waals surface area contributed by atoms with Crippen molar-refractivity contribution in [1.82, 2.24) is 4.98 Å². The molecule has 0 unspecified atom stereocenters. The molecule has 0 aliphatic rings. The third-order valence-electron chi connectivity index (χ3n) is 3.73. The molecule has 0 radical (unpaired) electrons. The summed E-state index contributed by atoms with van der Waals surface area (Å²) in [6.45, 7) is 2.22. The van der Waals surface area contributed by atoms with E-state index in [1.54, 1.807) is 0 Å². The second-order valence-electron chi connectivity index (χ2n) is 5.79. The van der Waals surface area contributed by atoms with E-state index in [9.17, 15) is 14.9 Å². The third-order valence-corrected chi connectivity index (χ3v) is 3.73. The lowest BCUT2D eigenvalue weighted by Crippen LogP contribution is -2.12. The lowest BCUT2D eigenvalue weighted by molar-refractivity contribution is -0.385. The van der Waals surface area contributed by atoms with Crippen LogP contribution in [0.2, 0.25) is 0 Å². The van der Waals surface area contributed by atoms with Gasteiger partial charge in [0.05, 0.1) is 4.92 Å². The monoisotopic (exact) mass is 321 g/mol. The largest absolute Gasteiger partial charge is 0.311 e. The minimum absolute atomic E-state index is 0.0815. The second-order valence-corrected chi connectivity index (χ2v) is 5.79. The van der Waals surface area contributed by atoms with Gasteiger partial charge in [-0.15, -0.1) is 0 Å². The number of amides is 1. The van der Waals surface area contributed by atoms with Crippen molar-refractivity contribution in [2.45, 2.75) is 71.1 Å². The highest BCUT2D eigenvalue weighted by Crippen LogP contribution is 2.13. The number of nitrogens with one attached hydrogen (secondary N) is 1. The average molecular weight is 321 g/mol. The normalized spacial score (nSPS) is 10.5. The van der Waals surface area contributed by atoms with Gasteiger partial charge in [-0.3, -0.25) is 14.9 Å². The lowest BCUT2D eigenvalue weighted by atomic mass is 10.1. The molecule has 0 aromatic carbocycles. The van der Waals surface area contributed by atoms with E-state index >= 15 is 0 Å². The Kier molecular flexibility index (Phi) is 9.59. The van der Waals surface area contributed by atoms with Crippen LogP contribution in [0.5, 0.6) is 0 Å². The number of aromatic nitrogens is 1. The molecule has 1 aromatic heterocycles. The van der Waals surface area contributed by atoms with E-state index in [1.165, 1.54) is 57.1 Å². The quantitative estimate of drug-likeness (QED) is 0.339. The molecule has 0 aliphatic carbocycles.